The minimum atomic E-state index is -0.546. The Morgan fingerprint density at radius 1 is 1.43 bits per heavy atom. The third kappa shape index (κ3) is 3.77. The number of hydrogen-bond donors (Lipinski definition) is 2. The Hall–Kier alpha value is -2.46. The van der Waals surface area contributed by atoms with Crippen molar-refractivity contribution in [3.05, 3.63) is 29.6 Å². The van der Waals surface area contributed by atoms with Gasteiger partial charge in [0.15, 0.2) is 0 Å². The van der Waals surface area contributed by atoms with Crippen molar-refractivity contribution in [1.29, 1.82) is 5.26 Å². The van der Waals surface area contributed by atoms with E-state index in [0.29, 0.717) is 5.56 Å². The van der Waals surface area contributed by atoms with Crippen molar-refractivity contribution in [2.75, 3.05) is 19.6 Å². The lowest BCUT2D eigenvalue weighted by molar-refractivity contribution is -0.119. The van der Waals surface area contributed by atoms with Crippen LogP contribution >= 0.6 is 0 Å². The summed E-state index contributed by atoms with van der Waals surface area (Å²) in [5.74, 6) is -0.874. The van der Waals surface area contributed by atoms with Gasteiger partial charge in [-0.05, 0) is 38.1 Å². The highest BCUT2D eigenvalue weighted by Crippen LogP contribution is 2.15. The van der Waals surface area contributed by atoms with E-state index in [9.17, 15) is 9.59 Å². The second kappa shape index (κ2) is 6.81. The van der Waals surface area contributed by atoms with Crippen LogP contribution in [-0.4, -0.2) is 47.4 Å². The summed E-state index contributed by atoms with van der Waals surface area (Å²) in [7, 11) is 0. The molecule has 0 aromatic carbocycles. The number of amides is 2. The van der Waals surface area contributed by atoms with Crippen molar-refractivity contribution in [2.24, 2.45) is 5.73 Å². The Morgan fingerprint density at radius 3 is 2.67 bits per heavy atom. The number of nitrogens with one attached hydrogen (secondary N) is 1. The zero-order chi connectivity index (χ0) is 15.2. The number of nitriles is 1. The fraction of sp³-hybridized carbons (Fsp3) is 0.429. The summed E-state index contributed by atoms with van der Waals surface area (Å²) in [6, 6.07) is 4.95. The summed E-state index contributed by atoms with van der Waals surface area (Å²) >= 11 is 0. The average Bonchev–Trinajstić information content (AvgIpc) is 2.53. The van der Waals surface area contributed by atoms with Gasteiger partial charge in [-0.1, -0.05) is 0 Å². The van der Waals surface area contributed by atoms with Gasteiger partial charge in [0.2, 0.25) is 5.91 Å². The molecule has 21 heavy (non-hydrogen) atoms. The molecular formula is C14H17N5O2. The van der Waals surface area contributed by atoms with E-state index >= 15 is 0 Å². The normalized spacial score (nSPS) is 15.2. The number of carbonyl (C=O) groups is 2. The second-order valence-electron chi connectivity index (χ2n) is 4.92. The van der Waals surface area contributed by atoms with Crippen molar-refractivity contribution in [2.45, 2.75) is 18.9 Å². The van der Waals surface area contributed by atoms with Crippen LogP contribution in [0.2, 0.25) is 0 Å². The van der Waals surface area contributed by atoms with Gasteiger partial charge < -0.3 is 16.0 Å². The molecule has 3 N–H and O–H groups in total. The van der Waals surface area contributed by atoms with Crippen molar-refractivity contribution in [3.8, 4) is 6.07 Å². The first kappa shape index (κ1) is 14.9. The minimum Gasteiger partial charge on any atom is -0.368 e. The topological polar surface area (TPSA) is 112 Å². The van der Waals surface area contributed by atoms with Crippen LogP contribution in [-0.2, 0) is 4.79 Å². The van der Waals surface area contributed by atoms with E-state index < -0.39 is 5.91 Å². The fourth-order valence-electron chi connectivity index (χ4n) is 2.39. The van der Waals surface area contributed by atoms with E-state index in [1.165, 1.54) is 23.2 Å². The molecule has 1 aromatic heterocycles. The first-order chi connectivity index (χ1) is 10.1. The summed E-state index contributed by atoms with van der Waals surface area (Å²) in [4.78, 5) is 29.2. The van der Waals surface area contributed by atoms with Crippen LogP contribution in [0.3, 0.4) is 0 Å². The zero-order valence-corrected chi connectivity index (χ0v) is 11.6. The van der Waals surface area contributed by atoms with Gasteiger partial charge in [0.1, 0.15) is 11.8 Å². The minimum absolute atomic E-state index is 0.0244. The number of piperidine rings is 1. The first-order valence-electron chi connectivity index (χ1n) is 6.78. The molecule has 0 saturated carbocycles. The van der Waals surface area contributed by atoms with Crippen molar-refractivity contribution < 1.29 is 9.59 Å². The van der Waals surface area contributed by atoms with Gasteiger partial charge in [-0.15, -0.1) is 0 Å². The van der Waals surface area contributed by atoms with Gasteiger partial charge in [0.25, 0.3) is 5.91 Å². The molecule has 1 aliphatic rings. The summed E-state index contributed by atoms with van der Waals surface area (Å²) in [5, 5.41) is 12.0. The molecule has 0 radical (unpaired) electrons. The van der Waals surface area contributed by atoms with E-state index in [1.807, 2.05) is 6.07 Å². The van der Waals surface area contributed by atoms with E-state index in [4.69, 9.17) is 11.0 Å². The molecule has 1 fully saturated rings. The molecule has 2 heterocycles. The smallest absolute Gasteiger partial charge is 0.273 e. The number of rotatable bonds is 4. The monoisotopic (exact) mass is 287 g/mol. The van der Waals surface area contributed by atoms with Gasteiger partial charge in [0.05, 0.1) is 12.1 Å². The highest BCUT2D eigenvalue weighted by atomic mass is 16.2. The molecule has 110 valence electrons. The number of nitrogens with zero attached hydrogens (tertiary/aromatic N) is 3. The van der Waals surface area contributed by atoms with E-state index in [0.717, 1.165) is 25.9 Å². The second-order valence-corrected chi connectivity index (χ2v) is 4.92. The van der Waals surface area contributed by atoms with Crippen LogP contribution in [0.1, 0.15) is 28.9 Å². The van der Waals surface area contributed by atoms with E-state index in [1.54, 1.807) is 0 Å². The molecule has 1 saturated heterocycles. The molecule has 7 nitrogen and oxygen atoms in total. The van der Waals surface area contributed by atoms with Crippen molar-refractivity contribution in [1.82, 2.24) is 15.2 Å². The molecule has 1 aliphatic heterocycles. The Bertz CT molecular complexity index is 558. The van der Waals surface area contributed by atoms with Gasteiger partial charge in [-0.25, -0.2) is 4.98 Å². The number of carbonyl (C=O) groups excluding carboxylic acids is 2. The third-order valence-corrected chi connectivity index (χ3v) is 3.45. The highest BCUT2D eigenvalue weighted by molar-refractivity contribution is 5.95. The summed E-state index contributed by atoms with van der Waals surface area (Å²) in [6.07, 6.45) is 2.89. The van der Waals surface area contributed by atoms with E-state index in [-0.39, 0.29) is 24.2 Å². The van der Waals surface area contributed by atoms with Crippen LogP contribution in [0, 0.1) is 11.3 Å². The Kier molecular flexibility index (Phi) is 4.85. The van der Waals surface area contributed by atoms with Gasteiger partial charge in [-0.3, -0.25) is 9.59 Å². The first-order valence-corrected chi connectivity index (χ1v) is 6.78. The molecule has 0 bridgehead atoms. The molecule has 1 aromatic rings. The molecule has 0 unspecified atom stereocenters. The van der Waals surface area contributed by atoms with Crippen LogP contribution in [0.15, 0.2) is 18.3 Å². The fourth-order valence-corrected chi connectivity index (χ4v) is 2.39. The van der Waals surface area contributed by atoms with Crippen LogP contribution < -0.4 is 11.1 Å². The van der Waals surface area contributed by atoms with Gasteiger partial charge >= 0.3 is 0 Å². The molecule has 2 amide bonds. The SMILES string of the molecule is N#Cc1ccc(C(=O)N(CC(N)=O)C2CCNCC2)nc1. The number of primary amides is 1. The molecule has 0 aliphatic carbocycles. The maximum Gasteiger partial charge on any atom is 0.273 e. The lowest BCUT2D eigenvalue weighted by Crippen LogP contribution is -2.49. The van der Waals surface area contributed by atoms with Gasteiger partial charge in [0, 0.05) is 12.2 Å². The molecular weight excluding hydrogens is 270 g/mol. The third-order valence-electron chi connectivity index (χ3n) is 3.45. The van der Waals surface area contributed by atoms with E-state index in [2.05, 4.69) is 10.3 Å². The summed E-state index contributed by atoms with van der Waals surface area (Å²) in [6.45, 7) is 1.48. The number of aromatic nitrogens is 1. The molecule has 7 heteroatoms. The van der Waals surface area contributed by atoms with Crippen LogP contribution in [0.4, 0.5) is 0 Å². The predicted octanol–water partition coefficient (Wildman–Crippen LogP) is -0.367. The lowest BCUT2D eigenvalue weighted by Gasteiger charge is -2.33. The van der Waals surface area contributed by atoms with Gasteiger partial charge in [-0.2, -0.15) is 5.26 Å². The van der Waals surface area contributed by atoms with Crippen molar-refractivity contribution in [3.63, 3.8) is 0 Å². The Balaban J connectivity index is 2.19. The average molecular weight is 287 g/mol. The standard InChI is InChI=1S/C14H17N5O2/c15-7-10-1-2-12(18-8-10)14(21)19(9-13(16)20)11-3-5-17-6-4-11/h1-2,8,11,17H,3-6,9H2,(H2,16,20). The largest absolute Gasteiger partial charge is 0.368 e. The summed E-state index contributed by atoms with van der Waals surface area (Å²) in [5.41, 5.74) is 5.85. The maximum atomic E-state index is 12.5. The number of nitrogens with two attached hydrogens (primary N) is 1. The molecule has 0 atom stereocenters. The predicted molar refractivity (Wildman–Crippen MR) is 75.1 cm³/mol. The molecule has 0 spiro atoms. The number of pyridine rings is 1. The van der Waals surface area contributed by atoms with Crippen molar-refractivity contribution >= 4 is 11.8 Å². The zero-order valence-electron chi connectivity index (χ0n) is 11.6. The Morgan fingerprint density at radius 2 is 2.14 bits per heavy atom. The quantitative estimate of drug-likeness (QED) is 0.785. The maximum absolute atomic E-state index is 12.5. The van der Waals surface area contributed by atoms with Crippen LogP contribution in [0.25, 0.3) is 0 Å². The molecule has 2 rings (SSSR count). The summed E-state index contributed by atoms with van der Waals surface area (Å²) < 4.78 is 0. The highest BCUT2D eigenvalue weighted by Gasteiger charge is 2.28. The van der Waals surface area contributed by atoms with Crippen LogP contribution in [0.5, 0.6) is 0 Å². The number of hydrogen-bond acceptors (Lipinski definition) is 5. The lowest BCUT2D eigenvalue weighted by atomic mass is 10.0. The Labute approximate surface area is 122 Å².